The van der Waals surface area contributed by atoms with Gasteiger partial charge in [-0.25, -0.2) is 4.98 Å². The number of aliphatic hydroxyl groups is 1. The maximum Gasteiger partial charge on any atom is 0.254 e. The smallest absolute Gasteiger partial charge is 0.254 e. The number of carbonyl (C=O) groups excluding carboxylic acids is 2. The number of anilines is 1. The third-order valence-electron chi connectivity index (χ3n) is 5.32. The Balaban J connectivity index is 1.61. The van der Waals surface area contributed by atoms with Crippen molar-refractivity contribution in [2.24, 2.45) is 5.92 Å². The molecule has 25 heavy (non-hydrogen) atoms. The molecular weight excluding hydrogens is 318 g/mol. The molecule has 0 unspecified atom stereocenters. The minimum absolute atomic E-state index is 0.107. The lowest BCUT2D eigenvalue weighted by Gasteiger charge is -2.39. The molecule has 1 saturated heterocycles. The molecular formula is C19H27N3O3. The molecule has 3 rings (SSSR count). The third-order valence-corrected chi connectivity index (χ3v) is 5.32. The summed E-state index contributed by atoms with van der Waals surface area (Å²) in [5.41, 5.74) is -0.192. The standard InChI is InChI=1S/C19H27N3O3/c1-14-7-8-16(20-12-14)21-17(23)15-6-5-11-22(13-15)18(24)19(25)9-3-2-4-10-19/h7-8,12,15,25H,2-6,9-11,13H2,1H3,(H,20,21,23)/t15-/m1/s1. The van der Waals surface area contributed by atoms with Crippen LogP contribution >= 0.6 is 0 Å². The van der Waals surface area contributed by atoms with E-state index in [2.05, 4.69) is 10.3 Å². The average molecular weight is 345 g/mol. The van der Waals surface area contributed by atoms with Crippen LogP contribution in [0.25, 0.3) is 0 Å². The Hall–Kier alpha value is -1.95. The van der Waals surface area contributed by atoms with Gasteiger partial charge in [-0.15, -0.1) is 0 Å². The van der Waals surface area contributed by atoms with Crippen LogP contribution in [0, 0.1) is 12.8 Å². The fraction of sp³-hybridized carbons (Fsp3) is 0.632. The predicted octanol–water partition coefficient (Wildman–Crippen LogP) is 2.26. The maximum atomic E-state index is 12.8. The summed E-state index contributed by atoms with van der Waals surface area (Å²) in [6, 6.07) is 3.68. The molecule has 136 valence electrons. The van der Waals surface area contributed by atoms with Gasteiger partial charge in [0.05, 0.1) is 5.92 Å². The van der Waals surface area contributed by atoms with Crippen LogP contribution < -0.4 is 5.32 Å². The Kier molecular flexibility index (Phi) is 5.37. The molecule has 0 spiro atoms. The number of likely N-dealkylation sites (tertiary alicyclic amines) is 1. The van der Waals surface area contributed by atoms with Crippen LogP contribution in [0.4, 0.5) is 5.82 Å². The van der Waals surface area contributed by atoms with Crippen LogP contribution in [0.3, 0.4) is 0 Å². The third kappa shape index (κ3) is 4.18. The number of pyridine rings is 1. The molecule has 2 N–H and O–H groups in total. The number of aromatic nitrogens is 1. The van der Waals surface area contributed by atoms with Crippen LogP contribution in [-0.2, 0) is 9.59 Å². The predicted molar refractivity (Wildman–Crippen MR) is 94.9 cm³/mol. The highest BCUT2D eigenvalue weighted by Gasteiger charge is 2.41. The molecule has 1 saturated carbocycles. The van der Waals surface area contributed by atoms with Gasteiger partial charge < -0.3 is 15.3 Å². The van der Waals surface area contributed by atoms with Crippen LogP contribution in [-0.4, -0.2) is 45.5 Å². The zero-order valence-corrected chi connectivity index (χ0v) is 14.8. The monoisotopic (exact) mass is 345 g/mol. The zero-order chi connectivity index (χ0) is 17.9. The molecule has 2 amide bonds. The summed E-state index contributed by atoms with van der Waals surface area (Å²) in [7, 11) is 0. The number of piperidine rings is 1. The highest BCUT2D eigenvalue weighted by molar-refractivity contribution is 5.92. The molecule has 1 aliphatic heterocycles. The van der Waals surface area contributed by atoms with Crippen molar-refractivity contribution in [1.82, 2.24) is 9.88 Å². The summed E-state index contributed by atoms with van der Waals surface area (Å²) in [5.74, 6) is -0.0272. The normalized spacial score (nSPS) is 23.1. The number of aryl methyl sites for hydroxylation is 1. The van der Waals surface area contributed by atoms with Gasteiger partial charge in [-0.05, 0) is 44.2 Å². The molecule has 2 aliphatic rings. The average Bonchev–Trinajstić information content (AvgIpc) is 2.63. The quantitative estimate of drug-likeness (QED) is 0.880. The molecule has 0 radical (unpaired) electrons. The summed E-state index contributed by atoms with van der Waals surface area (Å²) in [6.45, 7) is 2.94. The lowest BCUT2D eigenvalue weighted by molar-refractivity contribution is -0.157. The van der Waals surface area contributed by atoms with Crippen molar-refractivity contribution in [3.63, 3.8) is 0 Å². The first-order chi connectivity index (χ1) is 12.0. The Labute approximate surface area is 148 Å². The van der Waals surface area contributed by atoms with Crippen LogP contribution in [0.5, 0.6) is 0 Å². The highest BCUT2D eigenvalue weighted by atomic mass is 16.3. The summed E-state index contributed by atoms with van der Waals surface area (Å²) < 4.78 is 0. The Morgan fingerprint density at radius 1 is 1.24 bits per heavy atom. The van der Waals surface area contributed by atoms with E-state index in [0.717, 1.165) is 37.7 Å². The molecule has 1 aromatic rings. The van der Waals surface area contributed by atoms with Gasteiger partial charge in [0, 0.05) is 19.3 Å². The highest BCUT2D eigenvalue weighted by Crippen LogP contribution is 2.31. The van der Waals surface area contributed by atoms with Crippen molar-refractivity contribution >= 4 is 17.6 Å². The minimum Gasteiger partial charge on any atom is -0.380 e. The van der Waals surface area contributed by atoms with E-state index in [1.165, 1.54) is 0 Å². The summed E-state index contributed by atoms with van der Waals surface area (Å²) in [5, 5.41) is 13.5. The molecule has 2 heterocycles. The second-order valence-corrected chi connectivity index (χ2v) is 7.39. The molecule has 0 bridgehead atoms. The summed E-state index contributed by atoms with van der Waals surface area (Å²) >= 11 is 0. The SMILES string of the molecule is Cc1ccc(NC(=O)[C@@H]2CCCN(C(=O)C3(O)CCCCC3)C2)nc1. The van der Waals surface area contributed by atoms with Crippen molar-refractivity contribution in [3.05, 3.63) is 23.9 Å². The molecule has 1 aromatic heterocycles. The number of nitrogens with one attached hydrogen (secondary N) is 1. The lowest BCUT2D eigenvalue weighted by Crippen LogP contribution is -2.54. The molecule has 1 atom stereocenters. The zero-order valence-electron chi connectivity index (χ0n) is 14.8. The van der Waals surface area contributed by atoms with E-state index in [1.54, 1.807) is 17.2 Å². The van der Waals surface area contributed by atoms with Gasteiger partial charge in [0.15, 0.2) is 0 Å². The van der Waals surface area contributed by atoms with Crippen LogP contribution in [0.1, 0.15) is 50.5 Å². The second-order valence-electron chi connectivity index (χ2n) is 7.39. The molecule has 6 heteroatoms. The lowest BCUT2D eigenvalue weighted by atomic mass is 9.83. The molecule has 1 aliphatic carbocycles. The van der Waals surface area contributed by atoms with Crippen molar-refractivity contribution in [2.45, 2.75) is 57.5 Å². The number of hydrogen-bond acceptors (Lipinski definition) is 4. The number of hydrogen-bond donors (Lipinski definition) is 2. The molecule has 6 nitrogen and oxygen atoms in total. The van der Waals surface area contributed by atoms with E-state index in [1.807, 2.05) is 13.0 Å². The maximum absolute atomic E-state index is 12.8. The first kappa shape index (κ1) is 17.9. The van der Waals surface area contributed by atoms with E-state index in [4.69, 9.17) is 0 Å². The molecule has 2 fully saturated rings. The van der Waals surface area contributed by atoms with Crippen LogP contribution in [0.15, 0.2) is 18.3 Å². The molecule has 0 aromatic carbocycles. The van der Waals surface area contributed by atoms with Crippen molar-refractivity contribution < 1.29 is 14.7 Å². The second kappa shape index (κ2) is 7.52. The van der Waals surface area contributed by atoms with E-state index in [9.17, 15) is 14.7 Å². The number of rotatable bonds is 3. The topological polar surface area (TPSA) is 82.5 Å². The van der Waals surface area contributed by atoms with Gasteiger partial charge in [-0.2, -0.15) is 0 Å². The van der Waals surface area contributed by atoms with Crippen molar-refractivity contribution in [2.75, 3.05) is 18.4 Å². The van der Waals surface area contributed by atoms with Gasteiger partial charge in [-0.3, -0.25) is 9.59 Å². The number of carbonyl (C=O) groups is 2. The Morgan fingerprint density at radius 2 is 2.00 bits per heavy atom. The van der Waals surface area contributed by atoms with Gasteiger partial charge in [0.25, 0.3) is 5.91 Å². The summed E-state index contributed by atoms with van der Waals surface area (Å²) in [6.07, 6.45) is 7.16. The van der Waals surface area contributed by atoms with Crippen molar-refractivity contribution in [3.8, 4) is 0 Å². The summed E-state index contributed by atoms with van der Waals surface area (Å²) in [4.78, 5) is 31.2. The van der Waals surface area contributed by atoms with E-state index >= 15 is 0 Å². The van der Waals surface area contributed by atoms with E-state index in [-0.39, 0.29) is 17.7 Å². The first-order valence-electron chi connectivity index (χ1n) is 9.23. The minimum atomic E-state index is -1.23. The van der Waals surface area contributed by atoms with Gasteiger partial charge in [0.1, 0.15) is 11.4 Å². The Morgan fingerprint density at radius 3 is 2.68 bits per heavy atom. The van der Waals surface area contributed by atoms with Gasteiger partial charge in [0.2, 0.25) is 5.91 Å². The van der Waals surface area contributed by atoms with E-state index in [0.29, 0.717) is 31.7 Å². The van der Waals surface area contributed by atoms with Gasteiger partial charge in [-0.1, -0.05) is 25.3 Å². The largest absolute Gasteiger partial charge is 0.380 e. The van der Waals surface area contributed by atoms with E-state index < -0.39 is 5.60 Å². The van der Waals surface area contributed by atoms with Crippen LogP contribution in [0.2, 0.25) is 0 Å². The first-order valence-corrected chi connectivity index (χ1v) is 9.23. The van der Waals surface area contributed by atoms with Gasteiger partial charge >= 0.3 is 0 Å². The number of nitrogens with zero attached hydrogens (tertiary/aromatic N) is 2. The van der Waals surface area contributed by atoms with Crippen molar-refractivity contribution in [1.29, 1.82) is 0 Å². The Bertz CT molecular complexity index is 623. The fourth-order valence-corrected chi connectivity index (χ4v) is 3.79. The fourth-order valence-electron chi connectivity index (χ4n) is 3.79. The number of amides is 2.